The van der Waals surface area contributed by atoms with E-state index in [0.29, 0.717) is 10.2 Å². The fourth-order valence-electron chi connectivity index (χ4n) is 1.96. The van der Waals surface area contributed by atoms with Crippen molar-refractivity contribution in [3.05, 3.63) is 62.8 Å². The molecular formula is C15H12BrClFNO2. The van der Waals surface area contributed by atoms with Gasteiger partial charge in [-0.3, -0.25) is 0 Å². The second-order valence-electron chi connectivity index (χ2n) is 4.53. The first-order chi connectivity index (χ1) is 9.88. The average Bonchev–Trinajstić information content (AvgIpc) is 2.40. The minimum atomic E-state index is -1.08. The Hall–Kier alpha value is -1.59. The summed E-state index contributed by atoms with van der Waals surface area (Å²) in [4.78, 5) is 11.1. The molecule has 0 bridgehead atoms. The van der Waals surface area contributed by atoms with E-state index in [1.807, 2.05) is 6.92 Å². The van der Waals surface area contributed by atoms with Crippen molar-refractivity contribution in [3.63, 3.8) is 0 Å². The van der Waals surface area contributed by atoms with Crippen molar-refractivity contribution >= 4 is 39.2 Å². The molecule has 3 nitrogen and oxygen atoms in total. The van der Waals surface area contributed by atoms with Crippen LogP contribution in [0.5, 0.6) is 0 Å². The summed E-state index contributed by atoms with van der Waals surface area (Å²) >= 11 is 9.14. The second kappa shape index (κ2) is 6.45. The lowest BCUT2D eigenvalue weighted by Gasteiger charge is -2.18. The molecule has 1 unspecified atom stereocenters. The summed E-state index contributed by atoms with van der Waals surface area (Å²) in [6.45, 7) is 1.90. The molecule has 2 rings (SSSR count). The summed E-state index contributed by atoms with van der Waals surface area (Å²) in [5, 5.41) is 12.4. The highest BCUT2D eigenvalue weighted by atomic mass is 79.9. The van der Waals surface area contributed by atoms with E-state index in [2.05, 4.69) is 21.2 Å². The van der Waals surface area contributed by atoms with Crippen molar-refractivity contribution in [2.24, 2.45) is 0 Å². The topological polar surface area (TPSA) is 49.3 Å². The van der Waals surface area contributed by atoms with Gasteiger partial charge in [0.2, 0.25) is 0 Å². The molecular weight excluding hydrogens is 361 g/mol. The maximum atomic E-state index is 13.1. The molecule has 0 fully saturated rings. The SMILES string of the molecule is CC(Nc1ccc(Cl)c(C(=O)O)c1)c1ccc(F)cc1Br. The highest BCUT2D eigenvalue weighted by Gasteiger charge is 2.13. The first-order valence-electron chi connectivity index (χ1n) is 6.13. The largest absolute Gasteiger partial charge is 0.478 e. The van der Waals surface area contributed by atoms with Gasteiger partial charge in [-0.05, 0) is 42.8 Å². The Morgan fingerprint density at radius 3 is 2.67 bits per heavy atom. The van der Waals surface area contributed by atoms with Crippen LogP contribution < -0.4 is 5.32 Å². The second-order valence-corrected chi connectivity index (χ2v) is 5.79. The van der Waals surface area contributed by atoms with E-state index in [-0.39, 0.29) is 22.4 Å². The van der Waals surface area contributed by atoms with Gasteiger partial charge >= 0.3 is 5.97 Å². The van der Waals surface area contributed by atoms with Gasteiger partial charge < -0.3 is 10.4 Å². The van der Waals surface area contributed by atoms with Crippen molar-refractivity contribution < 1.29 is 14.3 Å². The third kappa shape index (κ3) is 3.74. The zero-order valence-corrected chi connectivity index (χ0v) is 13.4. The summed E-state index contributed by atoms with van der Waals surface area (Å²) in [5.74, 6) is -1.41. The van der Waals surface area contributed by atoms with Crippen LogP contribution in [0.25, 0.3) is 0 Å². The molecule has 0 aliphatic rings. The van der Waals surface area contributed by atoms with E-state index in [9.17, 15) is 9.18 Å². The lowest BCUT2D eigenvalue weighted by molar-refractivity contribution is 0.0697. The Morgan fingerprint density at radius 2 is 2.05 bits per heavy atom. The van der Waals surface area contributed by atoms with Crippen LogP contribution in [0.2, 0.25) is 5.02 Å². The molecule has 0 aromatic heterocycles. The number of nitrogens with one attached hydrogen (secondary N) is 1. The summed E-state index contributed by atoms with van der Waals surface area (Å²) in [7, 11) is 0. The number of carbonyl (C=O) groups is 1. The number of anilines is 1. The minimum absolute atomic E-state index is 0.0343. The number of halogens is 3. The molecule has 0 spiro atoms. The van der Waals surface area contributed by atoms with Crippen LogP contribution in [0.1, 0.15) is 28.9 Å². The van der Waals surface area contributed by atoms with Crippen molar-refractivity contribution in [2.45, 2.75) is 13.0 Å². The van der Waals surface area contributed by atoms with Crippen LogP contribution in [0.15, 0.2) is 40.9 Å². The number of benzene rings is 2. The van der Waals surface area contributed by atoms with Gasteiger partial charge in [0.15, 0.2) is 0 Å². The standard InChI is InChI=1S/C15H12BrClFNO2/c1-8(11-4-2-9(18)6-13(11)16)19-10-3-5-14(17)12(7-10)15(20)21/h2-8,19H,1H3,(H,20,21). The fraction of sp³-hybridized carbons (Fsp3) is 0.133. The molecule has 0 aliphatic carbocycles. The summed E-state index contributed by atoms with van der Waals surface area (Å²) in [6, 6.07) is 9.00. The zero-order chi connectivity index (χ0) is 15.6. The van der Waals surface area contributed by atoms with Gasteiger partial charge in [0.05, 0.1) is 10.6 Å². The molecule has 21 heavy (non-hydrogen) atoms. The lowest BCUT2D eigenvalue weighted by atomic mass is 10.1. The van der Waals surface area contributed by atoms with E-state index in [1.165, 1.54) is 24.3 Å². The first-order valence-corrected chi connectivity index (χ1v) is 7.30. The van der Waals surface area contributed by atoms with Crippen LogP contribution in [0.4, 0.5) is 10.1 Å². The van der Waals surface area contributed by atoms with E-state index >= 15 is 0 Å². The molecule has 0 saturated carbocycles. The maximum absolute atomic E-state index is 13.1. The molecule has 0 amide bonds. The van der Waals surface area contributed by atoms with Crippen molar-refractivity contribution in [1.82, 2.24) is 0 Å². The Labute approximate surface area is 134 Å². The molecule has 110 valence electrons. The molecule has 0 saturated heterocycles. The van der Waals surface area contributed by atoms with Crippen LogP contribution in [0.3, 0.4) is 0 Å². The fourth-order valence-corrected chi connectivity index (χ4v) is 2.85. The average molecular weight is 373 g/mol. The molecule has 6 heteroatoms. The number of aromatic carboxylic acids is 1. The molecule has 2 aromatic rings. The van der Waals surface area contributed by atoms with E-state index in [0.717, 1.165) is 5.56 Å². The smallest absolute Gasteiger partial charge is 0.337 e. The number of hydrogen-bond acceptors (Lipinski definition) is 2. The maximum Gasteiger partial charge on any atom is 0.337 e. The number of rotatable bonds is 4. The zero-order valence-electron chi connectivity index (χ0n) is 11.0. The van der Waals surface area contributed by atoms with Gasteiger partial charge in [0, 0.05) is 16.2 Å². The summed E-state index contributed by atoms with van der Waals surface area (Å²) in [6.07, 6.45) is 0. The van der Waals surface area contributed by atoms with Gasteiger partial charge in [-0.1, -0.05) is 33.6 Å². The molecule has 1 atom stereocenters. The minimum Gasteiger partial charge on any atom is -0.478 e. The van der Waals surface area contributed by atoms with Crippen molar-refractivity contribution in [1.29, 1.82) is 0 Å². The van der Waals surface area contributed by atoms with Crippen molar-refractivity contribution in [2.75, 3.05) is 5.32 Å². The van der Waals surface area contributed by atoms with Gasteiger partial charge in [0.25, 0.3) is 0 Å². The normalized spacial score (nSPS) is 12.0. The van der Waals surface area contributed by atoms with E-state index in [4.69, 9.17) is 16.7 Å². The molecule has 2 N–H and O–H groups in total. The van der Waals surface area contributed by atoms with Gasteiger partial charge in [-0.25, -0.2) is 9.18 Å². The van der Waals surface area contributed by atoms with E-state index in [1.54, 1.807) is 12.1 Å². The Morgan fingerprint density at radius 1 is 1.33 bits per heavy atom. The quantitative estimate of drug-likeness (QED) is 0.784. The van der Waals surface area contributed by atoms with Gasteiger partial charge in [-0.2, -0.15) is 0 Å². The Kier molecular flexibility index (Phi) is 4.85. The molecule has 2 aromatic carbocycles. The van der Waals surface area contributed by atoms with Gasteiger partial charge in [-0.15, -0.1) is 0 Å². The third-order valence-electron chi connectivity index (χ3n) is 3.01. The Bertz CT molecular complexity index is 693. The predicted octanol–water partition coefficient (Wildman–Crippen LogP) is 5.11. The van der Waals surface area contributed by atoms with Crippen LogP contribution in [-0.2, 0) is 0 Å². The Balaban J connectivity index is 2.25. The van der Waals surface area contributed by atoms with E-state index < -0.39 is 5.97 Å². The van der Waals surface area contributed by atoms with Gasteiger partial charge in [0.1, 0.15) is 5.82 Å². The predicted molar refractivity (Wildman–Crippen MR) is 84.5 cm³/mol. The lowest BCUT2D eigenvalue weighted by Crippen LogP contribution is -2.08. The van der Waals surface area contributed by atoms with Crippen molar-refractivity contribution in [3.8, 4) is 0 Å². The van der Waals surface area contributed by atoms with Crippen LogP contribution in [0, 0.1) is 5.82 Å². The van der Waals surface area contributed by atoms with Crippen LogP contribution >= 0.6 is 27.5 Å². The number of carboxylic acids is 1. The van der Waals surface area contributed by atoms with Crippen LogP contribution in [-0.4, -0.2) is 11.1 Å². The first kappa shape index (κ1) is 15.8. The highest BCUT2D eigenvalue weighted by molar-refractivity contribution is 9.10. The monoisotopic (exact) mass is 371 g/mol. The molecule has 0 aliphatic heterocycles. The molecule has 0 heterocycles. The number of carboxylic acid groups (broad SMARTS) is 1. The highest BCUT2D eigenvalue weighted by Crippen LogP contribution is 2.28. The summed E-state index contributed by atoms with van der Waals surface area (Å²) < 4.78 is 13.7. The third-order valence-corrected chi connectivity index (χ3v) is 4.03. The number of hydrogen-bond donors (Lipinski definition) is 2. The molecule has 0 radical (unpaired) electrons. The summed E-state index contributed by atoms with van der Waals surface area (Å²) in [5.41, 5.74) is 1.52.